The average Bonchev–Trinajstić information content (AvgIpc) is 3.52. The van der Waals surface area contributed by atoms with E-state index in [1.54, 1.807) is 11.9 Å². The van der Waals surface area contributed by atoms with Crippen molar-refractivity contribution < 1.29 is 50.9 Å². The molecule has 11 nitrogen and oxygen atoms in total. The van der Waals surface area contributed by atoms with Crippen LogP contribution in [0.5, 0.6) is 17.2 Å². The Labute approximate surface area is 257 Å². The zero-order chi connectivity index (χ0) is 32.3. The molecular weight excluding hydrogens is 621 g/mol. The Morgan fingerprint density at radius 1 is 1.02 bits per heavy atom. The number of hydrogen-bond donors (Lipinski definition) is 1. The minimum atomic E-state index is -4.81. The number of anilines is 1. The summed E-state index contributed by atoms with van der Waals surface area (Å²) < 4.78 is 85.6. The van der Waals surface area contributed by atoms with Gasteiger partial charge in [0, 0.05) is 43.0 Å². The first-order valence-corrected chi connectivity index (χ1v) is 13.3. The molecule has 242 valence electrons. The van der Waals surface area contributed by atoms with Crippen molar-refractivity contribution in [3.8, 4) is 22.9 Å². The highest BCUT2D eigenvalue weighted by Crippen LogP contribution is 2.43. The second kappa shape index (κ2) is 11.6. The molecule has 4 N–H and O–H groups in total. The highest BCUT2D eigenvalue weighted by Gasteiger charge is 2.44. The standard InChI is InChI=1S/C30H23F5N4O6.H3N/c1-37-14-21-25(24(15-37)43-20-9-6-16(7-10-20)28(41)42)39(36-26(21)29(31,32)33)19-5-3-4-17(12-19)27(40)38(2)18-8-11-22-23(13-18)45-30(34,35)44-22;/h3-13,24H,14-15H2,1-2H3,(H,41,42);1H3. The van der Waals surface area contributed by atoms with Crippen molar-refractivity contribution in [2.75, 3.05) is 25.5 Å². The van der Waals surface area contributed by atoms with Gasteiger partial charge in [0.1, 0.15) is 5.75 Å². The quantitative estimate of drug-likeness (QED) is 0.294. The smallest absolute Gasteiger partial charge is 0.545 e. The maximum absolute atomic E-state index is 14.2. The van der Waals surface area contributed by atoms with Crippen LogP contribution in [-0.4, -0.2) is 53.5 Å². The van der Waals surface area contributed by atoms with Gasteiger partial charge in [-0.2, -0.15) is 18.3 Å². The number of fused-ring (bicyclic) bond motifs is 2. The molecule has 0 saturated heterocycles. The number of alkyl halides is 5. The number of rotatable bonds is 6. The van der Waals surface area contributed by atoms with Crippen LogP contribution in [0.4, 0.5) is 27.6 Å². The molecule has 2 aliphatic heterocycles. The number of amides is 1. The number of aromatic carboxylic acids is 1. The number of carbonyl (C=O) groups excluding carboxylic acids is 2. The molecule has 0 aliphatic carbocycles. The predicted molar refractivity (Wildman–Crippen MR) is 150 cm³/mol. The van der Waals surface area contributed by atoms with Crippen LogP contribution in [0.3, 0.4) is 0 Å². The van der Waals surface area contributed by atoms with Crippen molar-refractivity contribution in [1.82, 2.24) is 20.8 Å². The minimum Gasteiger partial charge on any atom is -0.545 e. The number of quaternary nitrogens is 1. The SMILES string of the molecule is CN1Cc2c(C(F)(F)F)nn(-c3cccc(C(=O)N(C)c4ccc5c(c4)OC(F)(F)O5)c3)c2C(Oc2ccc(C(=O)[O-])cc2)C1.[NH4+]. The van der Waals surface area contributed by atoms with Gasteiger partial charge in [-0.25, -0.2) is 4.68 Å². The molecule has 0 saturated carbocycles. The molecule has 16 heteroatoms. The fourth-order valence-corrected chi connectivity index (χ4v) is 5.23. The summed E-state index contributed by atoms with van der Waals surface area (Å²) in [4.78, 5) is 27.4. The van der Waals surface area contributed by atoms with E-state index in [0.717, 1.165) is 9.58 Å². The molecule has 0 radical (unpaired) electrons. The van der Waals surface area contributed by atoms with Crippen LogP contribution in [0.25, 0.3) is 5.69 Å². The van der Waals surface area contributed by atoms with E-state index in [2.05, 4.69) is 14.6 Å². The largest absolute Gasteiger partial charge is 0.586 e. The van der Waals surface area contributed by atoms with Crippen LogP contribution < -0.4 is 30.4 Å². The number of nitrogens with zero attached hydrogens (tertiary/aromatic N) is 4. The molecule has 1 amide bonds. The second-order valence-electron chi connectivity index (χ2n) is 10.5. The fourth-order valence-electron chi connectivity index (χ4n) is 5.23. The first kappa shape index (κ1) is 32.2. The number of carboxylic acids is 1. The number of aromatic nitrogens is 2. The molecule has 46 heavy (non-hydrogen) atoms. The van der Waals surface area contributed by atoms with Crippen LogP contribution in [-0.2, 0) is 12.7 Å². The lowest BCUT2D eigenvalue weighted by Crippen LogP contribution is -2.34. The molecule has 2 aliphatic rings. The first-order chi connectivity index (χ1) is 21.2. The molecule has 3 heterocycles. The van der Waals surface area contributed by atoms with Gasteiger partial charge in [0.2, 0.25) is 0 Å². The first-order valence-electron chi connectivity index (χ1n) is 13.3. The zero-order valence-corrected chi connectivity index (χ0v) is 24.5. The van der Waals surface area contributed by atoms with Crippen molar-refractivity contribution in [3.05, 3.63) is 94.8 Å². The van der Waals surface area contributed by atoms with Crippen LogP contribution in [0.15, 0.2) is 66.7 Å². The average molecular weight is 648 g/mol. The lowest BCUT2D eigenvalue weighted by molar-refractivity contribution is -0.286. The van der Waals surface area contributed by atoms with Gasteiger partial charge >= 0.3 is 12.5 Å². The van der Waals surface area contributed by atoms with Gasteiger partial charge in [0.15, 0.2) is 23.3 Å². The maximum Gasteiger partial charge on any atom is 0.586 e. The lowest BCUT2D eigenvalue weighted by atomic mass is 10.0. The third kappa shape index (κ3) is 6.03. The van der Waals surface area contributed by atoms with Gasteiger partial charge in [-0.05, 0) is 67.2 Å². The minimum absolute atomic E-state index is 0. The van der Waals surface area contributed by atoms with E-state index in [9.17, 15) is 36.6 Å². The number of likely N-dealkylation sites (N-methyl/N-ethyl adjacent to an activating group) is 1. The third-order valence-electron chi connectivity index (χ3n) is 7.29. The summed E-state index contributed by atoms with van der Waals surface area (Å²) in [5, 5.41) is 15.1. The zero-order valence-electron chi connectivity index (χ0n) is 24.5. The maximum atomic E-state index is 14.2. The van der Waals surface area contributed by atoms with Crippen molar-refractivity contribution >= 4 is 17.6 Å². The van der Waals surface area contributed by atoms with Gasteiger partial charge in [-0.3, -0.25) is 9.69 Å². The molecule has 1 atom stereocenters. The van der Waals surface area contributed by atoms with Crippen LogP contribution in [0.1, 0.15) is 43.8 Å². The second-order valence-corrected chi connectivity index (χ2v) is 10.5. The molecule has 0 fully saturated rings. The Balaban J connectivity index is 0.00000417. The molecule has 4 aromatic rings. The third-order valence-corrected chi connectivity index (χ3v) is 7.29. The summed E-state index contributed by atoms with van der Waals surface area (Å²) in [7, 11) is 3.02. The highest BCUT2D eigenvalue weighted by molar-refractivity contribution is 6.06. The molecule has 0 spiro atoms. The van der Waals surface area contributed by atoms with Crippen molar-refractivity contribution in [3.63, 3.8) is 0 Å². The topological polar surface area (TPSA) is 146 Å². The monoisotopic (exact) mass is 647 g/mol. The van der Waals surface area contributed by atoms with E-state index in [1.165, 1.54) is 73.8 Å². The Hall–Kier alpha value is -5.22. The van der Waals surface area contributed by atoms with Crippen molar-refractivity contribution in [1.29, 1.82) is 0 Å². The summed E-state index contributed by atoms with van der Waals surface area (Å²) in [5.74, 6) is -2.25. The number of hydrogen-bond acceptors (Lipinski definition) is 8. The Bertz CT molecular complexity index is 1810. The normalized spacial score (nSPS) is 16.7. The van der Waals surface area contributed by atoms with E-state index in [4.69, 9.17) is 4.74 Å². The summed E-state index contributed by atoms with van der Waals surface area (Å²) in [6, 6.07) is 14.8. The summed E-state index contributed by atoms with van der Waals surface area (Å²) >= 11 is 0. The molecule has 1 aromatic heterocycles. The van der Waals surface area contributed by atoms with Crippen molar-refractivity contribution in [2.24, 2.45) is 0 Å². The Morgan fingerprint density at radius 3 is 2.39 bits per heavy atom. The van der Waals surface area contributed by atoms with E-state index in [1.807, 2.05) is 0 Å². The van der Waals surface area contributed by atoms with Crippen molar-refractivity contribution in [2.45, 2.75) is 25.1 Å². The number of benzene rings is 3. The highest BCUT2D eigenvalue weighted by atomic mass is 19.4. The van der Waals surface area contributed by atoms with E-state index in [0.29, 0.717) is 0 Å². The van der Waals surface area contributed by atoms with Gasteiger partial charge in [0.05, 0.1) is 17.4 Å². The van der Waals surface area contributed by atoms with Crippen LogP contribution >= 0.6 is 0 Å². The Morgan fingerprint density at radius 2 is 1.72 bits per heavy atom. The molecule has 1 unspecified atom stereocenters. The fraction of sp³-hybridized carbons (Fsp3) is 0.233. The lowest BCUT2D eigenvalue weighted by Gasteiger charge is -2.31. The van der Waals surface area contributed by atoms with Gasteiger partial charge in [-0.1, -0.05) is 6.07 Å². The number of ether oxygens (including phenoxy) is 3. The van der Waals surface area contributed by atoms with E-state index >= 15 is 0 Å². The number of carbonyl (C=O) groups is 2. The van der Waals surface area contributed by atoms with Gasteiger partial charge in [0.25, 0.3) is 5.91 Å². The predicted octanol–water partition coefficient (Wildman–Crippen LogP) is 4.79. The molecule has 6 rings (SSSR count). The van der Waals surface area contributed by atoms with E-state index < -0.39 is 36.1 Å². The molecule has 0 bridgehead atoms. The van der Waals surface area contributed by atoms with E-state index in [-0.39, 0.29) is 70.2 Å². The van der Waals surface area contributed by atoms with Gasteiger partial charge in [-0.15, -0.1) is 8.78 Å². The summed E-state index contributed by atoms with van der Waals surface area (Å²) in [6.07, 6.45) is -9.62. The Kier molecular flexibility index (Phi) is 8.12. The summed E-state index contributed by atoms with van der Waals surface area (Å²) in [5.41, 5.74) is -0.815. The molecular formula is C30H26F5N5O6. The van der Waals surface area contributed by atoms with Crippen LogP contribution in [0.2, 0.25) is 0 Å². The summed E-state index contributed by atoms with van der Waals surface area (Å²) in [6.45, 7) is 0.0842. The molecule has 3 aromatic carbocycles. The van der Waals surface area contributed by atoms with Gasteiger partial charge < -0.3 is 35.2 Å². The number of halogens is 5. The van der Waals surface area contributed by atoms with Crippen LogP contribution in [0, 0.1) is 0 Å². The number of carboxylic acid groups (broad SMARTS) is 1.